The van der Waals surface area contributed by atoms with Gasteiger partial charge in [-0.15, -0.1) is 0 Å². The number of unbranched alkanes of at least 4 members (excludes halogenated alkanes) is 17. The van der Waals surface area contributed by atoms with Crippen molar-refractivity contribution in [3.63, 3.8) is 0 Å². The Morgan fingerprint density at radius 1 is 0.595 bits per heavy atom. The molecule has 0 spiro atoms. The zero-order valence-electron chi connectivity index (χ0n) is 25.5. The lowest BCUT2D eigenvalue weighted by Crippen LogP contribution is -2.17. The van der Waals surface area contributed by atoms with Crippen LogP contribution < -0.4 is 0 Å². The highest BCUT2D eigenvalue weighted by atomic mass is 16.5. The molecule has 1 unspecified atom stereocenters. The van der Waals surface area contributed by atoms with Crippen molar-refractivity contribution in [2.24, 2.45) is 0 Å². The van der Waals surface area contributed by atoms with Crippen LogP contribution >= 0.6 is 0 Å². The van der Waals surface area contributed by atoms with Crippen molar-refractivity contribution in [3.8, 4) is 0 Å². The Labute approximate surface area is 232 Å². The lowest BCUT2D eigenvalue weighted by molar-refractivity contribution is -0.149. The molecular formula is C34H66O3. The monoisotopic (exact) mass is 523 g/mol. The summed E-state index contributed by atoms with van der Waals surface area (Å²) < 4.78 is 5.81. The molecule has 0 saturated carbocycles. The number of esters is 1. The fourth-order valence-electron chi connectivity index (χ4n) is 4.98. The maximum atomic E-state index is 12.2. The third-order valence-corrected chi connectivity index (χ3v) is 7.53. The maximum absolute atomic E-state index is 12.2. The van der Waals surface area contributed by atoms with Gasteiger partial charge in [0.15, 0.2) is 0 Å². The largest absolute Gasteiger partial charge is 0.462 e. The minimum atomic E-state index is -0.0845. The minimum absolute atomic E-state index is 0.00901. The van der Waals surface area contributed by atoms with Crippen molar-refractivity contribution in [2.75, 3.05) is 0 Å². The summed E-state index contributed by atoms with van der Waals surface area (Å²) >= 11 is 0. The van der Waals surface area contributed by atoms with Crippen molar-refractivity contribution in [2.45, 2.75) is 200 Å². The van der Waals surface area contributed by atoms with E-state index in [1.165, 1.54) is 96.3 Å². The first kappa shape index (κ1) is 36.2. The topological polar surface area (TPSA) is 46.5 Å². The van der Waals surface area contributed by atoms with Gasteiger partial charge < -0.3 is 9.84 Å². The summed E-state index contributed by atoms with van der Waals surface area (Å²) in [5.41, 5.74) is 0. The first-order chi connectivity index (χ1) is 18.1. The summed E-state index contributed by atoms with van der Waals surface area (Å²) in [6, 6.07) is 0. The van der Waals surface area contributed by atoms with Gasteiger partial charge in [0.2, 0.25) is 0 Å². The molecule has 37 heavy (non-hydrogen) atoms. The van der Waals surface area contributed by atoms with Crippen LogP contribution in [-0.2, 0) is 9.53 Å². The molecular weight excluding hydrogens is 456 g/mol. The first-order valence-electron chi connectivity index (χ1n) is 16.7. The molecule has 0 saturated heterocycles. The van der Waals surface area contributed by atoms with Crippen LogP contribution in [0.4, 0.5) is 0 Å². The Bertz CT molecular complexity index is 487. The molecule has 0 bridgehead atoms. The Hall–Kier alpha value is -0.830. The molecule has 0 aromatic rings. The van der Waals surface area contributed by atoms with Crippen molar-refractivity contribution in [3.05, 3.63) is 12.2 Å². The normalized spacial score (nSPS) is 13.3. The van der Waals surface area contributed by atoms with Crippen molar-refractivity contribution < 1.29 is 14.6 Å². The summed E-state index contributed by atoms with van der Waals surface area (Å²) in [6.07, 6.45) is 35.0. The lowest BCUT2D eigenvalue weighted by atomic mass is 10.0. The highest BCUT2D eigenvalue weighted by Gasteiger charge is 2.13. The quantitative estimate of drug-likeness (QED) is 0.0603. The minimum Gasteiger partial charge on any atom is -0.462 e. The third kappa shape index (κ3) is 28.0. The second kappa shape index (κ2) is 29.7. The zero-order valence-corrected chi connectivity index (χ0v) is 25.5. The summed E-state index contributed by atoms with van der Waals surface area (Å²) in [4.78, 5) is 12.2. The number of ether oxygens (including phenoxy) is 1. The molecule has 220 valence electrons. The standard InChI is InChI=1S/C34H66O3/c1-4-7-10-12-13-16-19-23-27-32(35)28-24-20-17-14-15-18-21-26-30-33(29-25-11-8-5-2)37-34(36)31-22-9-6-3/h21,26,32-33,35H,4-20,22-25,27-31H2,1-3H3/t32?,33-/m1/s1. The molecule has 0 aromatic heterocycles. The van der Waals surface area contributed by atoms with E-state index in [0.717, 1.165) is 64.2 Å². The summed E-state index contributed by atoms with van der Waals surface area (Å²) in [5, 5.41) is 10.2. The first-order valence-corrected chi connectivity index (χ1v) is 16.7. The molecule has 0 heterocycles. The summed E-state index contributed by atoms with van der Waals surface area (Å²) in [7, 11) is 0. The molecule has 0 aliphatic heterocycles. The van der Waals surface area contributed by atoms with E-state index in [1.54, 1.807) is 0 Å². The van der Waals surface area contributed by atoms with Crippen molar-refractivity contribution in [1.82, 2.24) is 0 Å². The predicted molar refractivity (Wildman–Crippen MR) is 162 cm³/mol. The van der Waals surface area contributed by atoms with Gasteiger partial charge in [-0.2, -0.15) is 0 Å². The van der Waals surface area contributed by atoms with Gasteiger partial charge in [-0.25, -0.2) is 0 Å². The van der Waals surface area contributed by atoms with E-state index in [2.05, 4.69) is 32.9 Å². The SMILES string of the molecule is CCCCCCCCCCC(O)CCCCCCCC=CC[C@@H](CCCCCC)OC(=O)CCCCC. The third-order valence-electron chi connectivity index (χ3n) is 7.53. The molecule has 0 radical (unpaired) electrons. The molecule has 3 nitrogen and oxygen atoms in total. The van der Waals surface area contributed by atoms with Gasteiger partial charge in [0, 0.05) is 12.8 Å². The van der Waals surface area contributed by atoms with Gasteiger partial charge in [-0.1, -0.05) is 142 Å². The van der Waals surface area contributed by atoms with Crippen LogP contribution in [0.25, 0.3) is 0 Å². The van der Waals surface area contributed by atoms with Crippen molar-refractivity contribution >= 4 is 5.97 Å². The summed E-state index contributed by atoms with van der Waals surface area (Å²) in [5.74, 6) is -0.00901. The number of allylic oxidation sites excluding steroid dienone is 1. The second-order valence-electron chi connectivity index (χ2n) is 11.4. The number of carbonyl (C=O) groups excluding carboxylic acids is 1. The molecule has 2 atom stereocenters. The van der Waals surface area contributed by atoms with Crippen LogP contribution in [0.3, 0.4) is 0 Å². The van der Waals surface area contributed by atoms with Gasteiger partial charge in [-0.3, -0.25) is 4.79 Å². The Morgan fingerprint density at radius 2 is 1.05 bits per heavy atom. The number of hydrogen-bond donors (Lipinski definition) is 1. The molecule has 0 aromatic carbocycles. The average molecular weight is 523 g/mol. The van der Waals surface area contributed by atoms with Crippen LogP contribution in [0.15, 0.2) is 12.2 Å². The van der Waals surface area contributed by atoms with E-state index >= 15 is 0 Å². The molecule has 0 aliphatic rings. The van der Waals surface area contributed by atoms with Crippen LogP contribution in [0.1, 0.15) is 188 Å². The second-order valence-corrected chi connectivity index (χ2v) is 11.4. The fraction of sp³-hybridized carbons (Fsp3) is 0.912. The molecule has 0 aliphatic carbocycles. The molecule has 1 N–H and O–H groups in total. The number of aliphatic hydroxyl groups excluding tert-OH is 1. The van der Waals surface area contributed by atoms with E-state index in [1.807, 2.05) is 0 Å². The van der Waals surface area contributed by atoms with E-state index in [4.69, 9.17) is 4.74 Å². The molecule has 0 fully saturated rings. The average Bonchev–Trinajstić information content (AvgIpc) is 2.89. The Morgan fingerprint density at radius 3 is 1.65 bits per heavy atom. The van der Waals surface area contributed by atoms with Gasteiger partial charge in [0.05, 0.1) is 6.10 Å². The van der Waals surface area contributed by atoms with Crippen molar-refractivity contribution in [1.29, 1.82) is 0 Å². The number of carbonyl (C=O) groups is 1. The van der Waals surface area contributed by atoms with Crippen LogP contribution in [0.5, 0.6) is 0 Å². The van der Waals surface area contributed by atoms with Gasteiger partial charge in [-0.05, 0) is 44.9 Å². The van der Waals surface area contributed by atoms with Crippen LogP contribution in [-0.4, -0.2) is 23.3 Å². The summed E-state index contributed by atoms with van der Waals surface area (Å²) in [6.45, 7) is 6.66. The van der Waals surface area contributed by atoms with E-state index in [0.29, 0.717) is 6.42 Å². The van der Waals surface area contributed by atoms with E-state index in [-0.39, 0.29) is 18.2 Å². The fourth-order valence-corrected chi connectivity index (χ4v) is 4.98. The lowest BCUT2D eigenvalue weighted by Gasteiger charge is -2.16. The Balaban J connectivity index is 3.77. The van der Waals surface area contributed by atoms with Gasteiger partial charge >= 0.3 is 5.97 Å². The highest BCUT2D eigenvalue weighted by molar-refractivity contribution is 5.69. The maximum Gasteiger partial charge on any atom is 0.306 e. The van der Waals surface area contributed by atoms with Crippen LogP contribution in [0, 0.1) is 0 Å². The number of rotatable bonds is 29. The van der Waals surface area contributed by atoms with Gasteiger partial charge in [0.25, 0.3) is 0 Å². The molecule has 3 heteroatoms. The zero-order chi connectivity index (χ0) is 27.2. The number of hydrogen-bond acceptors (Lipinski definition) is 3. The molecule has 0 amide bonds. The van der Waals surface area contributed by atoms with E-state index < -0.39 is 0 Å². The van der Waals surface area contributed by atoms with Crippen LogP contribution in [0.2, 0.25) is 0 Å². The van der Waals surface area contributed by atoms with E-state index in [9.17, 15) is 9.90 Å². The predicted octanol–water partition coefficient (Wildman–Crippen LogP) is 11.0. The number of aliphatic hydroxyl groups is 1. The van der Waals surface area contributed by atoms with Gasteiger partial charge in [0.1, 0.15) is 6.10 Å². The smallest absolute Gasteiger partial charge is 0.306 e. The highest BCUT2D eigenvalue weighted by Crippen LogP contribution is 2.16. The molecule has 0 rings (SSSR count). The Kier molecular flexibility index (Phi) is 29.1.